The first kappa shape index (κ1) is 17.4. The third kappa shape index (κ3) is 4.70. The molecule has 6 heteroatoms. The van der Waals surface area contributed by atoms with Gasteiger partial charge in [-0.2, -0.15) is 0 Å². The van der Waals surface area contributed by atoms with Crippen LogP contribution in [0.15, 0.2) is 29.3 Å². The molecule has 1 saturated heterocycles. The van der Waals surface area contributed by atoms with Crippen molar-refractivity contribution in [2.24, 2.45) is 10.9 Å². The van der Waals surface area contributed by atoms with Gasteiger partial charge in [0, 0.05) is 44.4 Å². The van der Waals surface area contributed by atoms with Gasteiger partial charge < -0.3 is 15.5 Å². The molecule has 1 aromatic carbocycles. The molecule has 0 aliphatic carbocycles. The van der Waals surface area contributed by atoms with Gasteiger partial charge >= 0.3 is 0 Å². The van der Waals surface area contributed by atoms with Crippen molar-refractivity contribution in [3.63, 3.8) is 0 Å². The molecule has 1 heterocycles. The average molecular weight is 409 g/mol. The topological polar surface area (TPSA) is 39.7 Å². The summed E-state index contributed by atoms with van der Waals surface area (Å²) in [5.74, 6) is 1.51. The minimum absolute atomic E-state index is 0. The van der Waals surface area contributed by atoms with E-state index in [9.17, 15) is 0 Å². The van der Waals surface area contributed by atoms with Gasteiger partial charge in [-0.05, 0) is 36.6 Å². The summed E-state index contributed by atoms with van der Waals surface area (Å²) in [5.41, 5.74) is 1.25. The van der Waals surface area contributed by atoms with Gasteiger partial charge in [-0.25, -0.2) is 0 Å². The zero-order valence-electron chi connectivity index (χ0n) is 11.9. The van der Waals surface area contributed by atoms with Crippen LogP contribution in [-0.4, -0.2) is 39.7 Å². The average Bonchev–Trinajstić information content (AvgIpc) is 2.89. The van der Waals surface area contributed by atoms with Crippen LogP contribution in [0.3, 0.4) is 0 Å². The van der Waals surface area contributed by atoms with E-state index in [0.29, 0.717) is 5.92 Å². The standard InChI is InChI=1S/C14H21ClN4.HI/c1-16-14(17-2)18-9-11-7-8-19(10-11)13-5-3-12(15)4-6-13;/h3-6,11H,7-10H2,1-2H3,(H2,16,17,18);1H. The fourth-order valence-corrected chi connectivity index (χ4v) is 2.53. The predicted octanol–water partition coefficient (Wildman–Crippen LogP) is 2.58. The molecule has 4 nitrogen and oxygen atoms in total. The number of guanidine groups is 1. The summed E-state index contributed by atoms with van der Waals surface area (Å²) >= 11 is 5.91. The maximum absolute atomic E-state index is 5.91. The lowest BCUT2D eigenvalue weighted by Crippen LogP contribution is -2.38. The van der Waals surface area contributed by atoms with Crippen molar-refractivity contribution >= 4 is 47.2 Å². The predicted molar refractivity (Wildman–Crippen MR) is 97.6 cm³/mol. The van der Waals surface area contributed by atoms with Crippen LogP contribution < -0.4 is 15.5 Å². The van der Waals surface area contributed by atoms with E-state index in [2.05, 4.69) is 32.7 Å². The second kappa shape index (κ2) is 8.56. The lowest BCUT2D eigenvalue weighted by Gasteiger charge is -2.19. The summed E-state index contributed by atoms with van der Waals surface area (Å²) in [7, 11) is 3.66. The van der Waals surface area contributed by atoms with Crippen LogP contribution in [0.25, 0.3) is 0 Å². The fourth-order valence-electron chi connectivity index (χ4n) is 2.41. The summed E-state index contributed by atoms with van der Waals surface area (Å²) < 4.78 is 0. The molecule has 112 valence electrons. The van der Waals surface area contributed by atoms with Gasteiger partial charge in [0.05, 0.1) is 0 Å². The van der Waals surface area contributed by atoms with Crippen LogP contribution in [0.5, 0.6) is 0 Å². The smallest absolute Gasteiger partial charge is 0.190 e. The molecule has 1 aliphatic heterocycles. The van der Waals surface area contributed by atoms with Crippen molar-refractivity contribution in [3.8, 4) is 0 Å². The molecule has 0 amide bonds. The maximum Gasteiger partial charge on any atom is 0.190 e. The van der Waals surface area contributed by atoms with Crippen molar-refractivity contribution in [1.82, 2.24) is 10.6 Å². The lowest BCUT2D eigenvalue weighted by atomic mass is 10.1. The SMILES string of the molecule is CN=C(NC)NCC1CCN(c2ccc(Cl)cc2)C1.I. The Bertz CT molecular complexity index is 435. The summed E-state index contributed by atoms with van der Waals surface area (Å²) in [6, 6.07) is 8.08. The number of hydrogen-bond donors (Lipinski definition) is 2. The molecule has 1 fully saturated rings. The minimum atomic E-state index is 0. The van der Waals surface area contributed by atoms with Crippen molar-refractivity contribution in [3.05, 3.63) is 29.3 Å². The van der Waals surface area contributed by atoms with E-state index in [0.717, 1.165) is 30.6 Å². The highest BCUT2D eigenvalue weighted by molar-refractivity contribution is 14.0. The number of nitrogens with zero attached hydrogens (tertiary/aromatic N) is 2. The minimum Gasteiger partial charge on any atom is -0.371 e. The largest absolute Gasteiger partial charge is 0.371 e. The number of rotatable bonds is 3. The molecule has 1 aromatic rings. The Morgan fingerprint density at radius 2 is 2.10 bits per heavy atom. The monoisotopic (exact) mass is 408 g/mol. The second-order valence-electron chi connectivity index (χ2n) is 4.78. The number of benzene rings is 1. The number of nitrogens with one attached hydrogen (secondary N) is 2. The summed E-state index contributed by atoms with van der Waals surface area (Å²) in [6.45, 7) is 3.14. The Morgan fingerprint density at radius 3 is 2.70 bits per heavy atom. The number of anilines is 1. The van der Waals surface area contributed by atoms with E-state index in [1.807, 2.05) is 19.2 Å². The molecular formula is C14H22ClIN4. The number of hydrogen-bond acceptors (Lipinski definition) is 2. The first-order chi connectivity index (χ1) is 9.22. The van der Waals surface area contributed by atoms with Crippen molar-refractivity contribution in [2.75, 3.05) is 38.6 Å². The van der Waals surface area contributed by atoms with Gasteiger partial charge in [0.1, 0.15) is 0 Å². The lowest BCUT2D eigenvalue weighted by molar-refractivity contribution is 0.568. The zero-order chi connectivity index (χ0) is 13.7. The van der Waals surface area contributed by atoms with Crippen LogP contribution >= 0.6 is 35.6 Å². The van der Waals surface area contributed by atoms with Crippen LogP contribution in [0.1, 0.15) is 6.42 Å². The number of aliphatic imine (C=N–C) groups is 1. The van der Waals surface area contributed by atoms with E-state index in [1.165, 1.54) is 12.1 Å². The molecule has 0 bridgehead atoms. The highest BCUT2D eigenvalue weighted by Crippen LogP contribution is 2.24. The van der Waals surface area contributed by atoms with Gasteiger partial charge in [0.25, 0.3) is 0 Å². The molecule has 1 unspecified atom stereocenters. The third-order valence-corrected chi connectivity index (χ3v) is 3.75. The van der Waals surface area contributed by atoms with Gasteiger partial charge in [0.15, 0.2) is 5.96 Å². The van der Waals surface area contributed by atoms with Gasteiger partial charge in [0.2, 0.25) is 0 Å². The Kier molecular flexibility index (Phi) is 7.43. The van der Waals surface area contributed by atoms with Crippen molar-refractivity contribution in [2.45, 2.75) is 6.42 Å². The molecule has 0 saturated carbocycles. The molecule has 0 aromatic heterocycles. The Balaban J connectivity index is 0.00000200. The van der Waals surface area contributed by atoms with E-state index < -0.39 is 0 Å². The molecule has 1 atom stereocenters. The third-order valence-electron chi connectivity index (χ3n) is 3.50. The summed E-state index contributed by atoms with van der Waals surface area (Å²) in [6.07, 6.45) is 1.20. The van der Waals surface area contributed by atoms with Crippen LogP contribution in [0, 0.1) is 5.92 Å². The van der Waals surface area contributed by atoms with Crippen molar-refractivity contribution < 1.29 is 0 Å². The highest BCUT2D eigenvalue weighted by atomic mass is 127. The van der Waals surface area contributed by atoms with Crippen LogP contribution in [0.4, 0.5) is 5.69 Å². The molecule has 20 heavy (non-hydrogen) atoms. The van der Waals surface area contributed by atoms with Crippen LogP contribution in [0.2, 0.25) is 5.02 Å². The molecule has 1 aliphatic rings. The van der Waals surface area contributed by atoms with Gasteiger partial charge in [-0.3, -0.25) is 4.99 Å². The highest BCUT2D eigenvalue weighted by Gasteiger charge is 2.22. The molecule has 0 radical (unpaired) electrons. The van der Waals surface area contributed by atoms with Gasteiger partial charge in [-0.1, -0.05) is 11.6 Å². The van der Waals surface area contributed by atoms with E-state index >= 15 is 0 Å². The Hall–Kier alpha value is -0.690. The van der Waals surface area contributed by atoms with Crippen LogP contribution in [-0.2, 0) is 0 Å². The van der Waals surface area contributed by atoms with Gasteiger partial charge in [-0.15, -0.1) is 24.0 Å². The zero-order valence-corrected chi connectivity index (χ0v) is 15.0. The molecular weight excluding hydrogens is 387 g/mol. The fraction of sp³-hybridized carbons (Fsp3) is 0.500. The molecule has 2 rings (SSSR count). The Morgan fingerprint density at radius 1 is 1.40 bits per heavy atom. The van der Waals surface area contributed by atoms with E-state index in [1.54, 1.807) is 7.05 Å². The van der Waals surface area contributed by atoms with E-state index in [-0.39, 0.29) is 24.0 Å². The Labute approximate surface area is 143 Å². The first-order valence-electron chi connectivity index (χ1n) is 6.62. The summed E-state index contributed by atoms with van der Waals surface area (Å²) in [5, 5.41) is 7.16. The number of halogens is 2. The maximum atomic E-state index is 5.91. The first-order valence-corrected chi connectivity index (χ1v) is 6.99. The quantitative estimate of drug-likeness (QED) is 0.459. The molecule has 2 N–H and O–H groups in total. The molecule has 0 spiro atoms. The summed E-state index contributed by atoms with van der Waals surface area (Å²) in [4.78, 5) is 6.53. The normalized spacial score (nSPS) is 18.6. The van der Waals surface area contributed by atoms with E-state index in [4.69, 9.17) is 11.6 Å². The van der Waals surface area contributed by atoms with Crippen molar-refractivity contribution in [1.29, 1.82) is 0 Å². The second-order valence-corrected chi connectivity index (χ2v) is 5.22.